The first kappa shape index (κ1) is 13.5. The van der Waals surface area contributed by atoms with E-state index in [0.29, 0.717) is 0 Å². The van der Waals surface area contributed by atoms with E-state index in [-0.39, 0.29) is 0 Å². The van der Waals surface area contributed by atoms with Gasteiger partial charge < -0.3 is 5.32 Å². The molecule has 0 aliphatic carbocycles. The zero-order chi connectivity index (χ0) is 13.1. The van der Waals surface area contributed by atoms with Crippen LogP contribution >= 0.6 is 31.9 Å². The second-order valence-electron chi connectivity index (χ2n) is 3.75. The topological polar surface area (TPSA) is 42.7 Å². The molecule has 0 saturated heterocycles. The zero-order valence-electron chi connectivity index (χ0n) is 10.2. The fourth-order valence-corrected chi connectivity index (χ4v) is 2.99. The van der Waals surface area contributed by atoms with Crippen molar-refractivity contribution in [2.45, 2.75) is 20.4 Å². The van der Waals surface area contributed by atoms with Crippen LogP contribution in [0.1, 0.15) is 13.8 Å². The monoisotopic (exact) mass is 372 g/mol. The summed E-state index contributed by atoms with van der Waals surface area (Å²) in [7, 11) is 0. The lowest BCUT2D eigenvalue weighted by atomic mass is 10.2. The number of aromatic nitrogens is 3. The van der Waals surface area contributed by atoms with Crippen molar-refractivity contribution in [3.05, 3.63) is 27.1 Å². The van der Waals surface area contributed by atoms with Crippen LogP contribution in [0.25, 0.3) is 11.4 Å². The quantitative estimate of drug-likeness (QED) is 0.883. The number of benzene rings is 1. The van der Waals surface area contributed by atoms with Crippen molar-refractivity contribution in [3.63, 3.8) is 0 Å². The lowest BCUT2D eigenvalue weighted by Crippen LogP contribution is -2.07. The Hall–Kier alpha value is -0.880. The van der Waals surface area contributed by atoms with Crippen LogP contribution in [-0.2, 0) is 6.54 Å². The Morgan fingerprint density at radius 3 is 2.61 bits per heavy atom. The van der Waals surface area contributed by atoms with Crippen molar-refractivity contribution >= 4 is 37.8 Å². The van der Waals surface area contributed by atoms with Crippen LogP contribution in [0.4, 0.5) is 5.95 Å². The summed E-state index contributed by atoms with van der Waals surface area (Å²) in [6.45, 7) is 5.79. The minimum absolute atomic E-state index is 0.810. The standard InChI is InChI=1S/C12H14Br2N4/c1-3-15-12-17-16-11(18(12)4-2)9-6-5-8(13)7-10(9)14/h5-7H,3-4H2,1-2H3,(H,15,17). The van der Waals surface area contributed by atoms with Gasteiger partial charge in [-0.2, -0.15) is 0 Å². The Balaban J connectivity index is 2.50. The minimum atomic E-state index is 0.810. The van der Waals surface area contributed by atoms with Crippen molar-refractivity contribution in [2.75, 3.05) is 11.9 Å². The first-order chi connectivity index (χ1) is 8.67. The van der Waals surface area contributed by atoms with Crippen molar-refractivity contribution < 1.29 is 0 Å². The van der Waals surface area contributed by atoms with E-state index >= 15 is 0 Å². The van der Waals surface area contributed by atoms with Gasteiger partial charge in [0.2, 0.25) is 5.95 Å². The maximum absolute atomic E-state index is 4.27. The third kappa shape index (κ3) is 2.59. The molecule has 1 heterocycles. The summed E-state index contributed by atoms with van der Waals surface area (Å²) >= 11 is 7.01. The Morgan fingerprint density at radius 2 is 2.00 bits per heavy atom. The van der Waals surface area contributed by atoms with Crippen LogP contribution in [-0.4, -0.2) is 21.3 Å². The summed E-state index contributed by atoms with van der Waals surface area (Å²) in [5, 5.41) is 11.7. The molecule has 1 aromatic carbocycles. The van der Waals surface area contributed by atoms with E-state index in [4.69, 9.17) is 0 Å². The summed E-state index contributed by atoms with van der Waals surface area (Å²) in [6.07, 6.45) is 0. The maximum Gasteiger partial charge on any atom is 0.224 e. The molecular weight excluding hydrogens is 360 g/mol. The van der Waals surface area contributed by atoms with Crippen LogP contribution in [0.3, 0.4) is 0 Å². The number of rotatable bonds is 4. The highest BCUT2D eigenvalue weighted by molar-refractivity contribution is 9.11. The molecule has 4 nitrogen and oxygen atoms in total. The average Bonchev–Trinajstić information content (AvgIpc) is 2.72. The Labute approximate surface area is 123 Å². The van der Waals surface area contributed by atoms with Gasteiger partial charge in [-0.25, -0.2) is 0 Å². The third-order valence-electron chi connectivity index (χ3n) is 2.57. The second-order valence-corrected chi connectivity index (χ2v) is 5.52. The number of anilines is 1. The summed E-state index contributed by atoms with van der Waals surface area (Å²) in [6, 6.07) is 6.04. The molecular formula is C12H14Br2N4. The van der Waals surface area contributed by atoms with E-state index in [9.17, 15) is 0 Å². The molecule has 0 radical (unpaired) electrons. The molecule has 6 heteroatoms. The average molecular weight is 374 g/mol. The van der Waals surface area contributed by atoms with Crippen molar-refractivity contribution in [3.8, 4) is 11.4 Å². The highest BCUT2D eigenvalue weighted by atomic mass is 79.9. The molecule has 0 atom stereocenters. The largest absolute Gasteiger partial charge is 0.355 e. The van der Waals surface area contributed by atoms with E-state index in [1.54, 1.807) is 0 Å². The zero-order valence-corrected chi connectivity index (χ0v) is 13.4. The van der Waals surface area contributed by atoms with Crippen molar-refractivity contribution in [2.24, 2.45) is 0 Å². The molecule has 0 unspecified atom stereocenters. The second kappa shape index (κ2) is 5.84. The van der Waals surface area contributed by atoms with Crippen LogP contribution in [0.5, 0.6) is 0 Å². The normalized spacial score (nSPS) is 10.7. The molecule has 0 fully saturated rings. The lowest BCUT2D eigenvalue weighted by molar-refractivity contribution is 0.770. The minimum Gasteiger partial charge on any atom is -0.355 e. The molecule has 0 aliphatic rings. The fourth-order valence-electron chi connectivity index (χ4n) is 1.76. The highest BCUT2D eigenvalue weighted by Gasteiger charge is 2.14. The van der Waals surface area contributed by atoms with Gasteiger partial charge in [0.15, 0.2) is 5.82 Å². The van der Waals surface area contributed by atoms with Gasteiger partial charge in [0.1, 0.15) is 0 Å². The van der Waals surface area contributed by atoms with Crippen LogP contribution in [0, 0.1) is 0 Å². The molecule has 2 aromatic rings. The molecule has 0 bridgehead atoms. The Morgan fingerprint density at radius 1 is 1.22 bits per heavy atom. The van der Waals surface area contributed by atoms with Gasteiger partial charge in [-0.3, -0.25) is 4.57 Å². The number of hydrogen-bond acceptors (Lipinski definition) is 3. The number of halogens is 2. The van der Waals surface area contributed by atoms with Crippen LogP contribution in [0.15, 0.2) is 27.1 Å². The van der Waals surface area contributed by atoms with E-state index in [1.165, 1.54) is 0 Å². The van der Waals surface area contributed by atoms with E-state index in [0.717, 1.165) is 39.4 Å². The summed E-state index contributed by atoms with van der Waals surface area (Å²) in [5.74, 6) is 1.68. The fraction of sp³-hybridized carbons (Fsp3) is 0.333. The van der Waals surface area contributed by atoms with Gasteiger partial charge >= 0.3 is 0 Å². The molecule has 0 spiro atoms. The molecule has 18 heavy (non-hydrogen) atoms. The predicted molar refractivity (Wildman–Crippen MR) is 80.7 cm³/mol. The van der Waals surface area contributed by atoms with Gasteiger partial charge in [0.05, 0.1) is 0 Å². The van der Waals surface area contributed by atoms with Crippen molar-refractivity contribution in [1.29, 1.82) is 0 Å². The number of nitrogens with zero attached hydrogens (tertiary/aromatic N) is 3. The molecule has 2 rings (SSSR count). The van der Waals surface area contributed by atoms with Gasteiger partial charge in [-0.05, 0) is 48.0 Å². The summed E-state index contributed by atoms with van der Waals surface area (Å²) in [5.41, 5.74) is 1.04. The number of hydrogen-bond donors (Lipinski definition) is 1. The Kier molecular flexibility index (Phi) is 4.40. The SMILES string of the molecule is CCNc1nnc(-c2ccc(Br)cc2Br)n1CC. The van der Waals surface area contributed by atoms with Crippen molar-refractivity contribution in [1.82, 2.24) is 14.8 Å². The van der Waals surface area contributed by atoms with Gasteiger partial charge in [0.25, 0.3) is 0 Å². The summed E-state index contributed by atoms with van der Waals surface area (Å²) < 4.78 is 4.10. The maximum atomic E-state index is 4.27. The lowest BCUT2D eigenvalue weighted by Gasteiger charge is -2.09. The highest BCUT2D eigenvalue weighted by Crippen LogP contribution is 2.30. The van der Waals surface area contributed by atoms with Gasteiger partial charge in [-0.1, -0.05) is 15.9 Å². The molecule has 0 saturated carbocycles. The van der Waals surface area contributed by atoms with Crippen LogP contribution in [0.2, 0.25) is 0 Å². The van der Waals surface area contributed by atoms with E-state index in [2.05, 4.69) is 58.9 Å². The smallest absolute Gasteiger partial charge is 0.224 e. The van der Waals surface area contributed by atoms with Gasteiger partial charge in [-0.15, -0.1) is 10.2 Å². The van der Waals surface area contributed by atoms with Gasteiger partial charge in [0, 0.05) is 27.6 Å². The molecule has 96 valence electrons. The predicted octanol–water partition coefficient (Wildman–Crippen LogP) is 3.92. The first-order valence-corrected chi connectivity index (χ1v) is 7.38. The molecule has 1 N–H and O–H groups in total. The first-order valence-electron chi connectivity index (χ1n) is 5.79. The van der Waals surface area contributed by atoms with E-state index < -0.39 is 0 Å². The molecule has 0 aliphatic heterocycles. The number of nitrogens with one attached hydrogen (secondary N) is 1. The van der Waals surface area contributed by atoms with Crippen LogP contribution < -0.4 is 5.32 Å². The summed E-state index contributed by atoms with van der Waals surface area (Å²) in [4.78, 5) is 0. The molecule has 1 aromatic heterocycles. The molecule has 0 amide bonds. The third-order valence-corrected chi connectivity index (χ3v) is 3.72. The van der Waals surface area contributed by atoms with E-state index in [1.807, 2.05) is 25.1 Å². The Bertz CT molecular complexity index is 551.